The van der Waals surface area contributed by atoms with Gasteiger partial charge < -0.3 is 14.5 Å². The number of benzene rings is 2. The Morgan fingerprint density at radius 1 is 1.14 bits per heavy atom. The molecule has 1 N–H and O–H groups in total. The molecule has 152 valence electrons. The van der Waals surface area contributed by atoms with Gasteiger partial charge in [-0.05, 0) is 30.3 Å². The van der Waals surface area contributed by atoms with Crippen LogP contribution in [0.25, 0.3) is 11.5 Å². The van der Waals surface area contributed by atoms with Gasteiger partial charge in [0.25, 0.3) is 5.22 Å². The zero-order valence-corrected chi connectivity index (χ0v) is 16.1. The molecule has 3 rings (SSSR count). The number of para-hydroxylation sites is 1. The molecule has 0 aliphatic rings. The summed E-state index contributed by atoms with van der Waals surface area (Å²) in [6.07, 6.45) is -4.81. The van der Waals surface area contributed by atoms with Crippen LogP contribution in [0.3, 0.4) is 0 Å². The molecule has 29 heavy (non-hydrogen) atoms. The highest BCUT2D eigenvalue weighted by Crippen LogP contribution is 2.26. The van der Waals surface area contributed by atoms with E-state index in [-0.39, 0.29) is 34.7 Å². The van der Waals surface area contributed by atoms with Gasteiger partial charge in [-0.3, -0.25) is 4.79 Å². The van der Waals surface area contributed by atoms with Crippen LogP contribution in [0.1, 0.15) is 5.56 Å². The van der Waals surface area contributed by atoms with Crippen molar-refractivity contribution < 1.29 is 27.1 Å². The van der Waals surface area contributed by atoms with Gasteiger partial charge >= 0.3 is 6.36 Å². The predicted octanol–water partition coefficient (Wildman–Crippen LogP) is 4.70. The molecule has 0 bridgehead atoms. The Balaban J connectivity index is 1.52. The van der Waals surface area contributed by atoms with Crippen LogP contribution < -0.4 is 10.1 Å². The molecule has 0 atom stereocenters. The fourth-order valence-corrected chi connectivity index (χ4v) is 2.94. The quantitative estimate of drug-likeness (QED) is 0.533. The van der Waals surface area contributed by atoms with Crippen LogP contribution in [0.5, 0.6) is 5.75 Å². The number of hydrogen-bond donors (Lipinski definition) is 1. The van der Waals surface area contributed by atoms with Gasteiger partial charge in [0.1, 0.15) is 5.75 Å². The van der Waals surface area contributed by atoms with Crippen molar-refractivity contribution in [2.75, 3.05) is 5.75 Å². The summed E-state index contributed by atoms with van der Waals surface area (Å²) in [4.78, 5) is 12.0. The SMILES string of the molecule is O=C(CSc1nnc(-c2ccc(Cl)cc2)o1)NCc1ccccc1OC(F)(F)F. The minimum Gasteiger partial charge on any atom is -0.411 e. The Labute approximate surface area is 172 Å². The molecule has 0 saturated heterocycles. The summed E-state index contributed by atoms with van der Waals surface area (Å²) in [5.74, 6) is -0.548. The number of nitrogens with one attached hydrogen (secondary N) is 1. The van der Waals surface area contributed by atoms with Crippen molar-refractivity contribution in [3.63, 3.8) is 0 Å². The van der Waals surface area contributed by atoms with E-state index in [0.29, 0.717) is 10.6 Å². The molecule has 1 heterocycles. The van der Waals surface area contributed by atoms with Crippen molar-refractivity contribution >= 4 is 29.3 Å². The first-order valence-corrected chi connectivity index (χ1v) is 9.49. The second-order valence-electron chi connectivity index (χ2n) is 5.60. The van der Waals surface area contributed by atoms with E-state index in [1.54, 1.807) is 30.3 Å². The lowest BCUT2D eigenvalue weighted by Gasteiger charge is -2.13. The van der Waals surface area contributed by atoms with Gasteiger partial charge in [0.05, 0.1) is 5.75 Å². The molecule has 11 heteroatoms. The summed E-state index contributed by atoms with van der Waals surface area (Å²) in [6, 6.07) is 12.4. The lowest BCUT2D eigenvalue weighted by molar-refractivity contribution is -0.274. The second kappa shape index (κ2) is 9.19. The van der Waals surface area contributed by atoms with Crippen LogP contribution in [0.4, 0.5) is 13.2 Å². The summed E-state index contributed by atoms with van der Waals surface area (Å²) < 4.78 is 46.7. The van der Waals surface area contributed by atoms with E-state index in [1.165, 1.54) is 18.2 Å². The number of ether oxygens (including phenoxy) is 1. The van der Waals surface area contributed by atoms with Crippen molar-refractivity contribution in [2.45, 2.75) is 18.1 Å². The van der Waals surface area contributed by atoms with Crippen LogP contribution in [0, 0.1) is 0 Å². The molecule has 1 amide bonds. The van der Waals surface area contributed by atoms with E-state index in [0.717, 1.165) is 11.8 Å². The zero-order valence-electron chi connectivity index (χ0n) is 14.6. The van der Waals surface area contributed by atoms with E-state index in [1.807, 2.05) is 0 Å². The van der Waals surface area contributed by atoms with Crippen LogP contribution in [-0.4, -0.2) is 28.2 Å². The van der Waals surface area contributed by atoms with Crippen LogP contribution >= 0.6 is 23.4 Å². The first kappa shape index (κ1) is 21.0. The Morgan fingerprint density at radius 3 is 2.59 bits per heavy atom. The highest BCUT2D eigenvalue weighted by atomic mass is 35.5. The summed E-state index contributed by atoms with van der Waals surface area (Å²) in [7, 11) is 0. The van der Waals surface area contributed by atoms with Crippen molar-refractivity contribution in [3.05, 3.63) is 59.1 Å². The fourth-order valence-electron chi connectivity index (χ4n) is 2.22. The molecule has 0 saturated carbocycles. The van der Waals surface area contributed by atoms with Gasteiger partial charge in [-0.15, -0.1) is 23.4 Å². The Bertz CT molecular complexity index is 980. The first-order chi connectivity index (χ1) is 13.8. The van der Waals surface area contributed by atoms with Crippen LogP contribution in [0.15, 0.2) is 58.2 Å². The predicted molar refractivity (Wildman–Crippen MR) is 100 cm³/mol. The maximum absolute atomic E-state index is 12.4. The molecule has 0 radical (unpaired) electrons. The van der Waals surface area contributed by atoms with Crippen molar-refractivity contribution in [2.24, 2.45) is 0 Å². The van der Waals surface area contributed by atoms with Crippen molar-refractivity contribution in [1.82, 2.24) is 15.5 Å². The minimum atomic E-state index is -4.81. The molecule has 0 unspecified atom stereocenters. The summed E-state index contributed by atoms with van der Waals surface area (Å²) >= 11 is 6.83. The summed E-state index contributed by atoms with van der Waals surface area (Å²) in [6.45, 7) is -0.120. The normalized spacial score (nSPS) is 11.3. The number of thioether (sulfide) groups is 1. The Morgan fingerprint density at radius 2 is 1.86 bits per heavy atom. The Hall–Kier alpha value is -2.72. The summed E-state index contributed by atoms with van der Waals surface area (Å²) in [5, 5.41) is 11.0. The number of carbonyl (C=O) groups excluding carboxylic acids is 1. The lowest BCUT2D eigenvalue weighted by Crippen LogP contribution is -2.25. The van der Waals surface area contributed by atoms with E-state index >= 15 is 0 Å². The van der Waals surface area contributed by atoms with E-state index in [9.17, 15) is 18.0 Å². The third-order valence-corrected chi connectivity index (χ3v) is 4.57. The third-order valence-electron chi connectivity index (χ3n) is 3.50. The standard InChI is InChI=1S/C18H13ClF3N3O3S/c19-13-7-5-11(6-8-13)16-24-25-17(27-16)29-10-15(26)23-9-12-3-1-2-4-14(12)28-18(20,21)22/h1-8H,9-10H2,(H,23,26). The molecule has 0 fully saturated rings. The number of alkyl halides is 3. The van der Waals surface area contributed by atoms with Gasteiger partial charge in [0.2, 0.25) is 11.8 Å². The largest absolute Gasteiger partial charge is 0.573 e. The number of hydrogen-bond acceptors (Lipinski definition) is 6. The maximum atomic E-state index is 12.4. The van der Waals surface area contributed by atoms with Gasteiger partial charge in [0, 0.05) is 22.7 Å². The van der Waals surface area contributed by atoms with E-state index < -0.39 is 12.3 Å². The molecule has 3 aromatic rings. The molecule has 6 nitrogen and oxygen atoms in total. The maximum Gasteiger partial charge on any atom is 0.573 e. The fraction of sp³-hybridized carbons (Fsp3) is 0.167. The highest BCUT2D eigenvalue weighted by Gasteiger charge is 2.32. The van der Waals surface area contributed by atoms with E-state index in [4.69, 9.17) is 16.0 Å². The van der Waals surface area contributed by atoms with Gasteiger partial charge in [-0.2, -0.15) is 0 Å². The average molecular weight is 444 g/mol. The highest BCUT2D eigenvalue weighted by molar-refractivity contribution is 7.99. The Kier molecular flexibility index (Phi) is 6.65. The third kappa shape index (κ3) is 6.40. The summed E-state index contributed by atoms with van der Waals surface area (Å²) in [5.41, 5.74) is 0.880. The lowest BCUT2D eigenvalue weighted by atomic mass is 10.2. The van der Waals surface area contributed by atoms with E-state index in [2.05, 4.69) is 20.3 Å². The number of amides is 1. The molecule has 0 aliphatic carbocycles. The molecule has 1 aromatic heterocycles. The van der Waals surface area contributed by atoms with Gasteiger partial charge in [-0.25, -0.2) is 0 Å². The zero-order chi connectivity index (χ0) is 20.9. The number of rotatable bonds is 7. The molecule has 0 aliphatic heterocycles. The minimum absolute atomic E-state index is 0.0510. The smallest absolute Gasteiger partial charge is 0.411 e. The van der Waals surface area contributed by atoms with Crippen molar-refractivity contribution in [3.8, 4) is 17.2 Å². The number of halogens is 4. The molecule has 2 aromatic carbocycles. The number of aromatic nitrogens is 2. The number of nitrogens with zero attached hydrogens (tertiary/aromatic N) is 2. The van der Waals surface area contributed by atoms with Gasteiger partial charge in [-0.1, -0.05) is 41.6 Å². The topological polar surface area (TPSA) is 77.2 Å². The van der Waals surface area contributed by atoms with Crippen LogP contribution in [0.2, 0.25) is 5.02 Å². The molecule has 0 spiro atoms. The van der Waals surface area contributed by atoms with Gasteiger partial charge in [0.15, 0.2) is 0 Å². The monoisotopic (exact) mass is 443 g/mol. The molecular weight excluding hydrogens is 431 g/mol. The first-order valence-electron chi connectivity index (χ1n) is 8.13. The number of carbonyl (C=O) groups is 1. The average Bonchev–Trinajstić information content (AvgIpc) is 3.14. The van der Waals surface area contributed by atoms with Crippen molar-refractivity contribution in [1.29, 1.82) is 0 Å². The van der Waals surface area contributed by atoms with Crippen LogP contribution in [-0.2, 0) is 11.3 Å². The second-order valence-corrected chi connectivity index (χ2v) is 6.96. The molecular formula is C18H13ClF3N3O3S.